The van der Waals surface area contributed by atoms with Gasteiger partial charge in [0.15, 0.2) is 11.7 Å². The Bertz CT molecular complexity index is 1270. The highest BCUT2D eigenvalue weighted by molar-refractivity contribution is 6.10. The molecule has 168 valence electrons. The summed E-state index contributed by atoms with van der Waals surface area (Å²) in [5.74, 6) is 0.756. The highest BCUT2D eigenvalue weighted by atomic mass is 16.5. The number of aromatic nitrogens is 1. The van der Waals surface area contributed by atoms with Crippen LogP contribution in [0.15, 0.2) is 69.6 Å². The van der Waals surface area contributed by atoms with Crippen molar-refractivity contribution in [3.8, 4) is 11.3 Å². The molecule has 3 heterocycles. The number of fused-ring (bicyclic) bond motifs is 1. The lowest BCUT2D eigenvalue weighted by molar-refractivity contribution is -0.116. The summed E-state index contributed by atoms with van der Waals surface area (Å²) in [6.45, 7) is 1.93. The van der Waals surface area contributed by atoms with E-state index in [2.05, 4.69) is 10.3 Å². The molecular formula is C25H23N3O5. The van der Waals surface area contributed by atoms with Crippen LogP contribution in [0.25, 0.3) is 22.3 Å². The first-order valence-corrected chi connectivity index (χ1v) is 10.9. The molecule has 1 N–H and O–H groups in total. The molecule has 0 aliphatic carbocycles. The second kappa shape index (κ2) is 9.30. The lowest BCUT2D eigenvalue weighted by atomic mass is 10.2. The molecule has 1 aliphatic rings. The van der Waals surface area contributed by atoms with Crippen LogP contribution >= 0.6 is 0 Å². The van der Waals surface area contributed by atoms with Crippen LogP contribution in [-0.2, 0) is 16.0 Å². The number of carbonyl (C=O) groups excluding carboxylic acids is 2. The van der Waals surface area contributed by atoms with Crippen molar-refractivity contribution < 1.29 is 23.2 Å². The zero-order chi connectivity index (χ0) is 22.6. The minimum absolute atomic E-state index is 0.133. The van der Waals surface area contributed by atoms with Gasteiger partial charge in [0.1, 0.15) is 11.3 Å². The van der Waals surface area contributed by atoms with Crippen LogP contribution in [-0.4, -0.2) is 48.0 Å². The maximum atomic E-state index is 13.1. The normalized spacial score (nSPS) is 13.9. The van der Waals surface area contributed by atoms with Crippen molar-refractivity contribution in [3.05, 3.63) is 72.4 Å². The van der Waals surface area contributed by atoms with Gasteiger partial charge in [-0.2, -0.15) is 0 Å². The van der Waals surface area contributed by atoms with Crippen molar-refractivity contribution in [3.63, 3.8) is 0 Å². The van der Waals surface area contributed by atoms with E-state index in [0.29, 0.717) is 61.0 Å². The molecule has 8 nitrogen and oxygen atoms in total. The van der Waals surface area contributed by atoms with Gasteiger partial charge in [0.2, 0.25) is 11.7 Å². The number of furan rings is 1. The zero-order valence-corrected chi connectivity index (χ0v) is 18.0. The fourth-order valence-corrected chi connectivity index (χ4v) is 3.81. The highest BCUT2D eigenvalue weighted by Crippen LogP contribution is 2.32. The van der Waals surface area contributed by atoms with Crippen LogP contribution in [0.4, 0.5) is 5.69 Å². The molecule has 0 atom stereocenters. The van der Waals surface area contributed by atoms with Gasteiger partial charge in [-0.1, -0.05) is 42.5 Å². The maximum absolute atomic E-state index is 13.1. The Hall–Kier alpha value is -3.91. The third-order valence-electron chi connectivity index (χ3n) is 5.53. The quantitative estimate of drug-likeness (QED) is 0.479. The number of aryl methyl sites for hydroxylation is 1. The molecule has 8 heteroatoms. The summed E-state index contributed by atoms with van der Waals surface area (Å²) in [5, 5.41) is 3.57. The average molecular weight is 445 g/mol. The van der Waals surface area contributed by atoms with Crippen LogP contribution in [0.2, 0.25) is 0 Å². The predicted molar refractivity (Wildman–Crippen MR) is 122 cm³/mol. The van der Waals surface area contributed by atoms with Crippen molar-refractivity contribution in [1.29, 1.82) is 0 Å². The van der Waals surface area contributed by atoms with E-state index in [1.165, 1.54) is 0 Å². The van der Waals surface area contributed by atoms with E-state index >= 15 is 0 Å². The fraction of sp³-hybridized carbons (Fsp3) is 0.240. The molecule has 0 radical (unpaired) electrons. The lowest BCUT2D eigenvalue weighted by Gasteiger charge is -2.26. The van der Waals surface area contributed by atoms with Gasteiger partial charge in [-0.3, -0.25) is 9.59 Å². The number of anilines is 1. The van der Waals surface area contributed by atoms with Gasteiger partial charge in [-0.05, 0) is 12.1 Å². The van der Waals surface area contributed by atoms with Gasteiger partial charge in [0.25, 0.3) is 5.91 Å². The summed E-state index contributed by atoms with van der Waals surface area (Å²) in [6, 6.07) is 16.9. The number of amides is 2. The smallest absolute Gasteiger partial charge is 0.291 e. The summed E-state index contributed by atoms with van der Waals surface area (Å²) in [5.41, 5.74) is 1.87. The molecule has 33 heavy (non-hydrogen) atoms. The number of benzene rings is 2. The summed E-state index contributed by atoms with van der Waals surface area (Å²) in [6.07, 6.45) is 2.14. The predicted octanol–water partition coefficient (Wildman–Crippen LogP) is 4.13. The SMILES string of the molecule is O=C(CCc1ncc(-c2ccccc2)o1)Nc1c(C(=O)N2CCOCC2)oc2ccccc12. The minimum Gasteiger partial charge on any atom is -0.449 e. The van der Waals surface area contributed by atoms with E-state index in [0.717, 1.165) is 5.56 Å². The number of morpholine rings is 1. The monoisotopic (exact) mass is 445 g/mol. The topological polar surface area (TPSA) is 97.8 Å². The number of carbonyl (C=O) groups is 2. The Morgan fingerprint density at radius 3 is 2.55 bits per heavy atom. The Balaban J connectivity index is 1.31. The molecule has 0 unspecified atom stereocenters. The molecule has 0 bridgehead atoms. The van der Waals surface area contributed by atoms with Crippen molar-refractivity contribution in [2.75, 3.05) is 31.6 Å². The van der Waals surface area contributed by atoms with Gasteiger partial charge in [-0.15, -0.1) is 0 Å². The van der Waals surface area contributed by atoms with Crippen molar-refractivity contribution in [2.45, 2.75) is 12.8 Å². The Kier molecular flexibility index (Phi) is 5.91. The number of nitrogens with zero attached hydrogens (tertiary/aromatic N) is 2. The summed E-state index contributed by atoms with van der Waals surface area (Å²) in [4.78, 5) is 31.8. The fourth-order valence-electron chi connectivity index (χ4n) is 3.81. The van der Waals surface area contributed by atoms with E-state index in [1.807, 2.05) is 48.5 Å². The van der Waals surface area contributed by atoms with Crippen LogP contribution in [0.1, 0.15) is 22.9 Å². The summed E-state index contributed by atoms with van der Waals surface area (Å²) in [7, 11) is 0. The standard InChI is InChI=1S/C25H23N3O5/c29-21(10-11-22-26-16-20(32-22)17-6-2-1-3-7-17)27-23-18-8-4-5-9-19(18)33-24(23)25(30)28-12-14-31-15-13-28/h1-9,16H,10-15H2,(H,27,29). The number of hydrogen-bond donors (Lipinski definition) is 1. The number of para-hydroxylation sites is 1. The number of rotatable bonds is 6. The second-order valence-electron chi connectivity index (χ2n) is 7.74. The molecule has 2 aromatic carbocycles. The number of nitrogens with one attached hydrogen (secondary N) is 1. The van der Waals surface area contributed by atoms with Crippen LogP contribution in [0.5, 0.6) is 0 Å². The van der Waals surface area contributed by atoms with E-state index in [-0.39, 0.29) is 24.0 Å². The molecule has 1 saturated heterocycles. The Morgan fingerprint density at radius 2 is 1.73 bits per heavy atom. The lowest BCUT2D eigenvalue weighted by Crippen LogP contribution is -2.40. The van der Waals surface area contributed by atoms with E-state index in [9.17, 15) is 9.59 Å². The Morgan fingerprint density at radius 1 is 0.970 bits per heavy atom. The van der Waals surface area contributed by atoms with Crippen LogP contribution < -0.4 is 5.32 Å². The van der Waals surface area contributed by atoms with Gasteiger partial charge in [0, 0.05) is 36.9 Å². The Labute approximate surface area is 190 Å². The third-order valence-corrected chi connectivity index (χ3v) is 5.53. The largest absolute Gasteiger partial charge is 0.449 e. The molecule has 2 amide bonds. The number of oxazole rings is 1. The van der Waals surface area contributed by atoms with Crippen molar-refractivity contribution >= 4 is 28.5 Å². The van der Waals surface area contributed by atoms with Gasteiger partial charge in [-0.25, -0.2) is 4.98 Å². The number of ether oxygens (including phenoxy) is 1. The van der Waals surface area contributed by atoms with E-state index in [1.54, 1.807) is 17.2 Å². The van der Waals surface area contributed by atoms with Crippen LogP contribution in [0.3, 0.4) is 0 Å². The second-order valence-corrected chi connectivity index (χ2v) is 7.74. The first-order valence-electron chi connectivity index (χ1n) is 10.9. The maximum Gasteiger partial charge on any atom is 0.291 e. The van der Waals surface area contributed by atoms with Gasteiger partial charge < -0.3 is 23.8 Å². The molecule has 0 saturated carbocycles. The highest BCUT2D eigenvalue weighted by Gasteiger charge is 2.27. The molecule has 0 spiro atoms. The third kappa shape index (κ3) is 4.51. The zero-order valence-electron chi connectivity index (χ0n) is 18.0. The number of hydrogen-bond acceptors (Lipinski definition) is 6. The van der Waals surface area contributed by atoms with Gasteiger partial charge in [0.05, 0.1) is 19.4 Å². The summed E-state index contributed by atoms with van der Waals surface area (Å²) < 4.78 is 17.0. The molecule has 5 rings (SSSR count). The summed E-state index contributed by atoms with van der Waals surface area (Å²) >= 11 is 0. The molecule has 1 aliphatic heterocycles. The van der Waals surface area contributed by atoms with Gasteiger partial charge >= 0.3 is 0 Å². The molecule has 2 aromatic heterocycles. The minimum atomic E-state index is -0.259. The average Bonchev–Trinajstić information content (AvgIpc) is 3.49. The van der Waals surface area contributed by atoms with E-state index < -0.39 is 0 Å². The first-order chi connectivity index (χ1) is 16.2. The first kappa shape index (κ1) is 21.0. The molecular weight excluding hydrogens is 422 g/mol. The molecule has 4 aromatic rings. The van der Waals surface area contributed by atoms with Crippen molar-refractivity contribution in [1.82, 2.24) is 9.88 Å². The van der Waals surface area contributed by atoms with Crippen LogP contribution in [0, 0.1) is 0 Å². The van der Waals surface area contributed by atoms with E-state index in [4.69, 9.17) is 13.6 Å². The van der Waals surface area contributed by atoms with Crippen molar-refractivity contribution in [2.24, 2.45) is 0 Å². The molecule has 1 fully saturated rings.